The summed E-state index contributed by atoms with van der Waals surface area (Å²) >= 11 is 2.07. The number of halogens is 3. The second kappa shape index (κ2) is 4.88. The van der Waals surface area contributed by atoms with Crippen LogP contribution in [0.2, 0.25) is 0 Å². The van der Waals surface area contributed by atoms with Crippen molar-refractivity contribution in [3.63, 3.8) is 0 Å². The van der Waals surface area contributed by atoms with Gasteiger partial charge in [-0.25, -0.2) is 4.79 Å². The second-order valence-electron chi connectivity index (χ2n) is 3.06. The molecule has 0 bridgehead atoms. The van der Waals surface area contributed by atoms with E-state index in [1.165, 1.54) is 31.4 Å². The highest BCUT2D eigenvalue weighted by Crippen LogP contribution is 2.36. The maximum atomic E-state index is 12.7. The number of esters is 1. The Labute approximate surface area is 99.2 Å². The molecular formula is C10H9BrF2O3. The summed E-state index contributed by atoms with van der Waals surface area (Å²) in [5.41, 5.74) is 0.242. The highest BCUT2D eigenvalue weighted by molar-refractivity contribution is 9.10. The number of ether oxygens (including phenoxy) is 1. The summed E-state index contributed by atoms with van der Waals surface area (Å²) in [5.74, 6) is -0.563. The van der Waals surface area contributed by atoms with Gasteiger partial charge in [0.2, 0.25) is 0 Å². The molecule has 3 nitrogen and oxygen atoms in total. The Kier molecular flexibility index (Phi) is 3.98. The molecule has 0 radical (unpaired) electrons. The monoisotopic (exact) mass is 294 g/mol. The molecule has 0 aliphatic heterocycles. The molecule has 0 unspecified atom stereocenters. The molecule has 0 saturated heterocycles. The van der Waals surface area contributed by atoms with E-state index in [0.29, 0.717) is 0 Å². The number of aliphatic hydroxyl groups is 1. The van der Waals surface area contributed by atoms with Crippen LogP contribution in [0.25, 0.3) is 0 Å². The number of benzene rings is 1. The van der Waals surface area contributed by atoms with Crippen molar-refractivity contribution in [2.45, 2.75) is 10.9 Å². The molecule has 1 aromatic carbocycles. The topological polar surface area (TPSA) is 46.5 Å². The fraction of sp³-hybridized carbons (Fsp3) is 0.300. The molecule has 1 rings (SSSR count). The van der Waals surface area contributed by atoms with Crippen LogP contribution in [0.3, 0.4) is 0 Å². The SMILES string of the molecule is COC(=O)c1ccc([C@H](O)C(F)(F)Br)cc1. The molecule has 0 fully saturated rings. The molecule has 0 saturated carbocycles. The maximum absolute atomic E-state index is 12.7. The van der Waals surface area contributed by atoms with E-state index in [2.05, 4.69) is 20.7 Å². The zero-order chi connectivity index (χ0) is 12.3. The number of rotatable bonds is 3. The Morgan fingerprint density at radius 1 is 1.44 bits per heavy atom. The first kappa shape index (κ1) is 13.1. The van der Waals surface area contributed by atoms with Crippen LogP contribution in [0.4, 0.5) is 8.78 Å². The van der Waals surface area contributed by atoms with Gasteiger partial charge in [-0.15, -0.1) is 0 Å². The first-order chi connectivity index (χ1) is 7.36. The number of hydrogen-bond acceptors (Lipinski definition) is 3. The summed E-state index contributed by atoms with van der Waals surface area (Å²) in [6, 6.07) is 5.10. The van der Waals surface area contributed by atoms with Gasteiger partial charge in [0, 0.05) is 0 Å². The van der Waals surface area contributed by atoms with Crippen molar-refractivity contribution in [2.24, 2.45) is 0 Å². The quantitative estimate of drug-likeness (QED) is 0.688. The van der Waals surface area contributed by atoms with Gasteiger partial charge in [-0.05, 0) is 33.6 Å². The second-order valence-corrected chi connectivity index (χ2v) is 4.12. The number of carbonyl (C=O) groups excluding carboxylic acids is 1. The van der Waals surface area contributed by atoms with Crippen molar-refractivity contribution in [2.75, 3.05) is 7.11 Å². The number of aliphatic hydroxyl groups excluding tert-OH is 1. The standard InChI is InChI=1S/C10H9BrF2O3/c1-16-9(15)7-4-2-6(3-5-7)8(14)10(11,12)13/h2-5,8,14H,1H3/t8-/m0/s1. The lowest BCUT2D eigenvalue weighted by Crippen LogP contribution is -2.18. The van der Waals surface area contributed by atoms with Gasteiger partial charge in [-0.1, -0.05) is 12.1 Å². The predicted molar refractivity (Wildman–Crippen MR) is 56.6 cm³/mol. The van der Waals surface area contributed by atoms with Crippen LogP contribution < -0.4 is 0 Å². The summed E-state index contributed by atoms with van der Waals surface area (Å²) in [4.78, 5) is 7.65. The van der Waals surface area contributed by atoms with E-state index >= 15 is 0 Å². The largest absolute Gasteiger partial charge is 0.465 e. The van der Waals surface area contributed by atoms with Gasteiger partial charge >= 0.3 is 10.8 Å². The van der Waals surface area contributed by atoms with E-state index in [-0.39, 0.29) is 11.1 Å². The minimum Gasteiger partial charge on any atom is -0.465 e. The van der Waals surface area contributed by atoms with Crippen molar-refractivity contribution >= 4 is 21.9 Å². The highest BCUT2D eigenvalue weighted by Gasteiger charge is 2.36. The summed E-state index contributed by atoms with van der Waals surface area (Å²) in [5, 5.41) is 9.23. The van der Waals surface area contributed by atoms with Gasteiger partial charge in [-0.3, -0.25) is 0 Å². The van der Waals surface area contributed by atoms with Crippen molar-refractivity contribution < 1.29 is 23.4 Å². The lowest BCUT2D eigenvalue weighted by Gasteiger charge is -2.16. The molecule has 0 aromatic heterocycles. The summed E-state index contributed by atoms with van der Waals surface area (Å²) in [6.45, 7) is 0. The molecular weight excluding hydrogens is 286 g/mol. The van der Waals surface area contributed by atoms with Crippen molar-refractivity contribution in [3.05, 3.63) is 35.4 Å². The van der Waals surface area contributed by atoms with Crippen molar-refractivity contribution in [1.29, 1.82) is 0 Å². The lowest BCUT2D eigenvalue weighted by molar-refractivity contribution is -0.0294. The van der Waals surface area contributed by atoms with E-state index in [0.717, 1.165) is 0 Å². The Hall–Kier alpha value is -1.01. The minimum absolute atomic E-state index is 0.00882. The van der Waals surface area contributed by atoms with Crippen LogP contribution in [0.15, 0.2) is 24.3 Å². The molecule has 0 aliphatic carbocycles. The highest BCUT2D eigenvalue weighted by atomic mass is 79.9. The van der Waals surface area contributed by atoms with Gasteiger partial charge in [0.15, 0.2) is 6.10 Å². The molecule has 0 amide bonds. The molecule has 6 heteroatoms. The van der Waals surface area contributed by atoms with E-state index in [1.807, 2.05) is 0 Å². The predicted octanol–water partition coefficient (Wildman–Crippen LogP) is 2.49. The van der Waals surface area contributed by atoms with Crippen LogP contribution in [0, 0.1) is 0 Å². The molecule has 1 N–H and O–H groups in total. The Balaban J connectivity index is 2.91. The average molecular weight is 295 g/mol. The van der Waals surface area contributed by atoms with Gasteiger partial charge < -0.3 is 9.84 Å². The van der Waals surface area contributed by atoms with Crippen molar-refractivity contribution in [3.8, 4) is 0 Å². The fourth-order valence-electron chi connectivity index (χ4n) is 1.11. The summed E-state index contributed by atoms with van der Waals surface area (Å²) < 4.78 is 29.8. The van der Waals surface area contributed by atoms with Gasteiger partial charge in [0.05, 0.1) is 12.7 Å². The van der Waals surface area contributed by atoms with Gasteiger partial charge in [-0.2, -0.15) is 8.78 Å². The van der Waals surface area contributed by atoms with E-state index in [1.54, 1.807) is 0 Å². The van der Waals surface area contributed by atoms with Crippen LogP contribution >= 0.6 is 15.9 Å². The minimum atomic E-state index is -3.40. The van der Waals surface area contributed by atoms with Crippen LogP contribution in [-0.4, -0.2) is 23.0 Å². The van der Waals surface area contributed by atoms with Crippen molar-refractivity contribution in [1.82, 2.24) is 0 Å². The zero-order valence-corrected chi connectivity index (χ0v) is 9.87. The molecule has 16 heavy (non-hydrogen) atoms. The number of hydrogen-bond donors (Lipinski definition) is 1. The first-order valence-electron chi connectivity index (χ1n) is 4.29. The molecule has 1 aromatic rings. The normalized spacial score (nSPS) is 13.3. The Bertz CT molecular complexity index is 373. The Morgan fingerprint density at radius 2 is 1.94 bits per heavy atom. The van der Waals surface area contributed by atoms with Gasteiger partial charge in [0.1, 0.15) is 0 Å². The third kappa shape index (κ3) is 2.99. The van der Waals surface area contributed by atoms with Crippen LogP contribution in [0.5, 0.6) is 0 Å². The molecule has 1 atom stereocenters. The average Bonchev–Trinajstić information content (AvgIpc) is 2.26. The van der Waals surface area contributed by atoms with Gasteiger partial charge in [0.25, 0.3) is 0 Å². The molecule has 0 aliphatic rings. The van der Waals surface area contributed by atoms with E-state index in [4.69, 9.17) is 0 Å². The third-order valence-electron chi connectivity index (χ3n) is 1.96. The first-order valence-corrected chi connectivity index (χ1v) is 5.08. The summed E-state index contributed by atoms with van der Waals surface area (Å²) in [6.07, 6.45) is -1.96. The lowest BCUT2D eigenvalue weighted by atomic mass is 10.1. The number of alkyl halides is 3. The summed E-state index contributed by atoms with van der Waals surface area (Å²) in [7, 11) is 1.22. The molecule has 0 heterocycles. The third-order valence-corrected chi connectivity index (χ3v) is 2.39. The zero-order valence-electron chi connectivity index (χ0n) is 8.28. The van der Waals surface area contributed by atoms with E-state index in [9.17, 15) is 18.7 Å². The molecule has 0 spiro atoms. The molecule has 88 valence electrons. The fourth-order valence-corrected chi connectivity index (χ4v) is 1.37. The number of carbonyl (C=O) groups is 1. The maximum Gasteiger partial charge on any atom is 0.337 e. The number of methoxy groups -OCH3 is 1. The Morgan fingerprint density at radius 3 is 2.31 bits per heavy atom. The van der Waals surface area contributed by atoms with Crippen LogP contribution in [-0.2, 0) is 4.74 Å². The van der Waals surface area contributed by atoms with Crippen LogP contribution in [0.1, 0.15) is 22.0 Å². The van der Waals surface area contributed by atoms with E-state index < -0.39 is 16.9 Å². The smallest absolute Gasteiger partial charge is 0.337 e.